The Bertz CT molecular complexity index is 616. The normalized spacial score (nSPS) is 42.4. The molecular formula is C16H26N2O6S. The van der Waals surface area contributed by atoms with Gasteiger partial charge in [0, 0.05) is 17.8 Å². The Morgan fingerprint density at radius 3 is 2.24 bits per heavy atom. The summed E-state index contributed by atoms with van der Waals surface area (Å²) in [6, 6.07) is -1.08. The fourth-order valence-electron chi connectivity index (χ4n) is 4.56. The van der Waals surface area contributed by atoms with Gasteiger partial charge in [-0.1, -0.05) is 0 Å². The summed E-state index contributed by atoms with van der Waals surface area (Å²) < 4.78 is 4.67. The number of aliphatic hydroxyl groups excluding tert-OH is 1. The lowest BCUT2D eigenvalue weighted by Gasteiger charge is -2.52. The summed E-state index contributed by atoms with van der Waals surface area (Å²) in [6.07, 6.45) is -0.117. The monoisotopic (exact) mass is 374 g/mol. The number of amides is 2. The largest absolute Gasteiger partial charge is 0.480 e. The van der Waals surface area contributed by atoms with Gasteiger partial charge in [0.1, 0.15) is 6.04 Å². The number of carbonyl (C=O) groups excluding carboxylic acids is 2. The van der Waals surface area contributed by atoms with Gasteiger partial charge in [0.05, 0.1) is 29.9 Å². The molecule has 0 aliphatic carbocycles. The lowest BCUT2D eigenvalue weighted by atomic mass is 9.98. The first kappa shape index (κ1) is 18.5. The second kappa shape index (κ2) is 5.85. The number of aliphatic hydroxyl groups is 1. The van der Waals surface area contributed by atoms with E-state index in [1.807, 2.05) is 13.8 Å². The molecule has 0 aromatic heterocycles. The minimum Gasteiger partial charge on any atom is -0.480 e. The maximum Gasteiger partial charge on any atom is 0.327 e. The van der Waals surface area contributed by atoms with Crippen LogP contribution in [0.5, 0.6) is 0 Å². The van der Waals surface area contributed by atoms with E-state index in [0.29, 0.717) is 13.1 Å². The van der Waals surface area contributed by atoms with E-state index in [-0.39, 0.29) is 29.8 Å². The Labute approximate surface area is 148 Å². The number of carboxylic acid groups (broad SMARTS) is 1. The highest BCUT2D eigenvalue weighted by Crippen LogP contribution is 2.74. The van der Waals surface area contributed by atoms with Crippen molar-refractivity contribution in [2.45, 2.75) is 62.5 Å². The van der Waals surface area contributed by atoms with Crippen molar-refractivity contribution in [2.75, 3.05) is 19.0 Å². The highest BCUT2D eigenvalue weighted by atomic mass is 32.3. The number of carboxylic acids is 1. The van der Waals surface area contributed by atoms with Crippen molar-refractivity contribution in [2.24, 2.45) is 0 Å². The number of ether oxygens (including phenoxy) is 1. The van der Waals surface area contributed by atoms with Crippen LogP contribution in [0.25, 0.3) is 0 Å². The summed E-state index contributed by atoms with van der Waals surface area (Å²) in [6.45, 7) is 7.99. The Hall–Kier alpha value is -1.32. The minimum atomic E-state index is -2.46. The highest BCUT2D eigenvalue weighted by molar-refractivity contribution is 8.46. The highest BCUT2D eigenvalue weighted by Gasteiger charge is 2.72. The summed E-state index contributed by atoms with van der Waals surface area (Å²) in [5.41, 5.74) is 0. The fraction of sp³-hybridized carbons (Fsp3) is 0.812. The van der Waals surface area contributed by atoms with E-state index in [1.54, 1.807) is 18.7 Å². The lowest BCUT2D eigenvalue weighted by Crippen LogP contribution is -2.57. The average Bonchev–Trinajstić information content (AvgIpc) is 2.66. The number of hydrogen-bond donors (Lipinski definition) is 2. The first-order valence-electron chi connectivity index (χ1n) is 8.46. The third-order valence-electron chi connectivity index (χ3n) is 5.71. The van der Waals surface area contributed by atoms with Gasteiger partial charge < -0.3 is 24.7 Å². The SMILES string of the molecule is CC1CN(C(=O)S2(CO)[C@@H]3CC(=O)N3[C@@H](C(=O)O)C2(C)C)C[C@H](C)O1. The molecule has 3 heterocycles. The first-order chi connectivity index (χ1) is 11.6. The molecule has 5 atom stereocenters. The predicted molar refractivity (Wildman–Crippen MR) is 92.4 cm³/mol. The van der Waals surface area contributed by atoms with Crippen LogP contribution in [0.4, 0.5) is 4.79 Å². The maximum absolute atomic E-state index is 13.5. The number of morpholine rings is 1. The number of hydrogen-bond acceptors (Lipinski definition) is 5. The molecule has 0 aromatic rings. The number of β-lactam (4-membered cyclic amide) rings is 1. The summed E-state index contributed by atoms with van der Waals surface area (Å²) in [5, 5.41) is 19.3. The minimum absolute atomic E-state index is 0.123. The van der Waals surface area contributed by atoms with Crippen molar-refractivity contribution in [3.8, 4) is 0 Å². The van der Waals surface area contributed by atoms with Crippen molar-refractivity contribution in [1.82, 2.24) is 9.80 Å². The molecule has 0 bridgehead atoms. The van der Waals surface area contributed by atoms with E-state index in [2.05, 4.69) is 0 Å². The number of fused-ring (bicyclic) bond motifs is 1. The zero-order valence-corrected chi connectivity index (χ0v) is 15.8. The van der Waals surface area contributed by atoms with E-state index in [1.165, 1.54) is 4.90 Å². The standard InChI is InChI=1S/C16H26N2O6S/c1-9-6-17(7-10(2)24-9)15(23)25(8-19)12-5-11(20)18(12)13(14(21)22)16(25,3)4/h9-10,12-13,19H,5-8H2,1-4H3,(H,21,22)/t9-,10?,12+,13-/m0/s1. The molecule has 0 radical (unpaired) electrons. The second-order valence-corrected chi connectivity index (χ2v) is 11.4. The Morgan fingerprint density at radius 2 is 1.84 bits per heavy atom. The number of nitrogens with zero attached hydrogens (tertiary/aromatic N) is 2. The molecule has 0 spiro atoms. The third kappa shape index (κ3) is 2.32. The van der Waals surface area contributed by atoms with Gasteiger partial charge in [0.25, 0.3) is 5.24 Å². The summed E-state index contributed by atoms with van der Waals surface area (Å²) in [7, 11) is -2.46. The molecule has 25 heavy (non-hydrogen) atoms. The molecule has 142 valence electrons. The Balaban J connectivity index is 2.03. The lowest BCUT2D eigenvalue weighted by molar-refractivity contribution is -0.157. The molecule has 2 N–H and O–H groups in total. The maximum atomic E-state index is 13.5. The quantitative estimate of drug-likeness (QED) is 0.692. The summed E-state index contributed by atoms with van der Waals surface area (Å²) in [5.74, 6) is -1.79. The van der Waals surface area contributed by atoms with Crippen molar-refractivity contribution < 1.29 is 29.3 Å². The number of carbonyl (C=O) groups is 3. The molecule has 3 fully saturated rings. The van der Waals surface area contributed by atoms with Gasteiger partial charge in [-0.3, -0.25) is 9.59 Å². The van der Waals surface area contributed by atoms with Crippen molar-refractivity contribution in [1.29, 1.82) is 0 Å². The van der Waals surface area contributed by atoms with E-state index >= 15 is 0 Å². The molecule has 3 rings (SSSR count). The smallest absolute Gasteiger partial charge is 0.327 e. The van der Waals surface area contributed by atoms with Crippen LogP contribution in [-0.4, -0.2) is 84.5 Å². The number of aliphatic carboxylic acids is 1. The van der Waals surface area contributed by atoms with Gasteiger partial charge in [-0.15, -0.1) is 10.0 Å². The molecule has 3 aliphatic heterocycles. The van der Waals surface area contributed by atoms with Gasteiger partial charge in [-0.05, 0) is 27.7 Å². The Kier molecular flexibility index (Phi) is 4.32. The fourth-order valence-corrected chi connectivity index (χ4v) is 8.83. The summed E-state index contributed by atoms with van der Waals surface area (Å²) in [4.78, 5) is 40.5. The van der Waals surface area contributed by atoms with E-state index in [9.17, 15) is 24.6 Å². The topological polar surface area (TPSA) is 107 Å². The molecule has 2 unspecified atom stereocenters. The van der Waals surface area contributed by atoms with Crippen LogP contribution in [0, 0.1) is 0 Å². The molecular weight excluding hydrogens is 348 g/mol. The molecule has 8 nitrogen and oxygen atoms in total. The zero-order valence-electron chi connectivity index (χ0n) is 15.0. The van der Waals surface area contributed by atoms with E-state index < -0.39 is 38.1 Å². The van der Waals surface area contributed by atoms with Crippen molar-refractivity contribution >= 4 is 27.1 Å². The van der Waals surface area contributed by atoms with Crippen LogP contribution in [0.2, 0.25) is 0 Å². The van der Waals surface area contributed by atoms with Crippen molar-refractivity contribution in [3.05, 3.63) is 0 Å². The van der Waals surface area contributed by atoms with Gasteiger partial charge in [-0.2, -0.15) is 0 Å². The van der Waals surface area contributed by atoms with Crippen LogP contribution >= 0.6 is 10.0 Å². The molecule has 9 heteroatoms. The van der Waals surface area contributed by atoms with Gasteiger partial charge in [0.2, 0.25) is 5.91 Å². The van der Waals surface area contributed by atoms with Gasteiger partial charge >= 0.3 is 5.97 Å². The second-order valence-electron chi connectivity index (χ2n) is 7.65. The zero-order chi connectivity index (χ0) is 18.7. The van der Waals surface area contributed by atoms with E-state index in [4.69, 9.17) is 4.74 Å². The summed E-state index contributed by atoms with van der Waals surface area (Å²) >= 11 is 0. The molecule has 3 saturated heterocycles. The van der Waals surface area contributed by atoms with Crippen LogP contribution < -0.4 is 0 Å². The third-order valence-corrected chi connectivity index (χ3v) is 10.4. The van der Waals surface area contributed by atoms with Gasteiger partial charge in [0.15, 0.2) is 0 Å². The van der Waals surface area contributed by atoms with Crippen LogP contribution in [0.1, 0.15) is 34.1 Å². The molecule has 0 aromatic carbocycles. The Morgan fingerprint density at radius 1 is 1.28 bits per heavy atom. The van der Waals surface area contributed by atoms with Gasteiger partial charge in [-0.25, -0.2) is 4.79 Å². The van der Waals surface area contributed by atoms with Crippen LogP contribution in [0.3, 0.4) is 0 Å². The molecule has 0 saturated carbocycles. The van der Waals surface area contributed by atoms with E-state index in [0.717, 1.165) is 0 Å². The molecule has 3 aliphatic rings. The predicted octanol–water partition coefficient (Wildman–Crippen LogP) is 0.774. The average molecular weight is 374 g/mol. The van der Waals surface area contributed by atoms with Crippen molar-refractivity contribution in [3.63, 3.8) is 0 Å². The number of rotatable bonds is 2. The first-order valence-corrected chi connectivity index (χ1v) is 10.3. The van der Waals surface area contributed by atoms with Crippen LogP contribution in [-0.2, 0) is 14.3 Å². The van der Waals surface area contributed by atoms with Crippen LogP contribution in [0.15, 0.2) is 0 Å². The molecule has 2 amide bonds.